The fraction of sp³-hybridized carbons (Fsp3) is 0.0833. The molecule has 1 N–H and O–H groups in total. The lowest BCUT2D eigenvalue weighted by Crippen LogP contribution is -2.30. The second kappa shape index (κ2) is 9.64. The van der Waals surface area contributed by atoms with Crippen molar-refractivity contribution in [1.29, 1.82) is 0 Å². The minimum atomic E-state index is -0.559. The number of amides is 3. The summed E-state index contributed by atoms with van der Waals surface area (Å²) in [6, 6.07) is 15.2. The standard InChI is InChI=1S/C24H17BrClFN2O4/c1-32-21-11-15(19(25)12-22(21)33-13-14-2-6-17(27)7-3-14)10-20-23(30)29(24(31)28-20)18-8-4-16(26)5-9-18/h2-12H,13H2,1H3,(H,28,31)/b20-10+. The molecule has 0 atom stereocenters. The number of anilines is 1. The van der Waals surface area contributed by atoms with Crippen LogP contribution < -0.4 is 19.7 Å². The third-order valence-electron chi connectivity index (χ3n) is 4.85. The fourth-order valence-corrected chi connectivity index (χ4v) is 3.75. The van der Waals surface area contributed by atoms with Gasteiger partial charge in [-0.2, -0.15) is 0 Å². The predicted molar refractivity (Wildman–Crippen MR) is 127 cm³/mol. The SMILES string of the molecule is COc1cc(/C=C2/NC(=O)N(c3ccc(Cl)cc3)C2=O)c(Br)cc1OCc1ccc(F)cc1. The summed E-state index contributed by atoms with van der Waals surface area (Å²) >= 11 is 9.37. The molecule has 4 rings (SSSR count). The molecule has 168 valence electrons. The molecule has 1 saturated heterocycles. The minimum Gasteiger partial charge on any atom is -0.493 e. The number of methoxy groups -OCH3 is 1. The largest absolute Gasteiger partial charge is 0.493 e. The maximum atomic E-state index is 13.1. The summed E-state index contributed by atoms with van der Waals surface area (Å²) in [5.41, 5.74) is 1.91. The molecule has 3 aromatic rings. The molecule has 9 heteroatoms. The van der Waals surface area contributed by atoms with Gasteiger partial charge >= 0.3 is 6.03 Å². The van der Waals surface area contributed by atoms with Crippen molar-refractivity contribution in [3.05, 3.63) is 92.8 Å². The topological polar surface area (TPSA) is 67.9 Å². The van der Waals surface area contributed by atoms with Crippen molar-refractivity contribution in [2.24, 2.45) is 0 Å². The quantitative estimate of drug-likeness (QED) is 0.316. The summed E-state index contributed by atoms with van der Waals surface area (Å²) in [4.78, 5) is 26.3. The van der Waals surface area contributed by atoms with E-state index >= 15 is 0 Å². The maximum Gasteiger partial charge on any atom is 0.333 e. The normalized spacial score (nSPS) is 14.5. The third-order valence-corrected chi connectivity index (χ3v) is 5.79. The number of hydrogen-bond donors (Lipinski definition) is 1. The van der Waals surface area contributed by atoms with Crippen LogP contribution in [-0.4, -0.2) is 19.0 Å². The Morgan fingerprint density at radius 3 is 2.42 bits per heavy atom. The first-order valence-corrected chi connectivity index (χ1v) is 10.9. The Morgan fingerprint density at radius 1 is 1.06 bits per heavy atom. The zero-order valence-corrected chi connectivity index (χ0v) is 19.6. The van der Waals surface area contributed by atoms with Crippen molar-refractivity contribution in [3.8, 4) is 11.5 Å². The molecule has 33 heavy (non-hydrogen) atoms. The molecule has 1 aliphatic heterocycles. The van der Waals surface area contributed by atoms with E-state index < -0.39 is 11.9 Å². The van der Waals surface area contributed by atoms with Gasteiger partial charge in [0.15, 0.2) is 11.5 Å². The molecule has 1 heterocycles. The Balaban J connectivity index is 1.57. The summed E-state index contributed by atoms with van der Waals surface area (Å²) < 4.78 is 25.0. The number of rotatable bonds is 6. The molecule has 0 spiro atoms. The number of hydrogen-bond acceptors (Lipinski definition) is 4. The van der Waals surface area contributed by atoms with Crippen LogP contribution in [0.2, 0.25) is 5.02 Å². The summed E-state index contributed by atoms with van der Waals surface area (Å²) in [6.45, 7) is 0.216. The van der Waals surface area contributed by atoms with Gasteiger partial charge in [-0.15, -0.1) is 0 Å². The van der Waals surface area contributed by atoms with Gasteiger partial charge in [-0.05, 0) is 65.7 Å². The first kappa shape index (κ1) is 22.8. The average molecular weight is 532 g/mol. The summed E-state index contributed by atoms with van der Waals surface area (Å²) in [5, 5.41) is 3.09. The van der Waals surface area contributed by atoms with Crippen molar-refractivity contribution in [2.75, 3.05) is 12.0 Å². The number of urea groups is 1. The van der Waals surface area contributed by atoms with E-state index in [4.69, 9.17) is 21.1 Å². The van der Waals surface area contributed by atoms with Gasteiger partial charge in [0.1, 0.15) is 18.1 Å². The highest BCUT2D eigenvalue weighted by molar-refractivity contribution is 9.10. The van der Waals surface area contributed by atoms with Gasteiger partial charge in [-0.3, -0.25) is 4.79 Å². The first-order chi connectivity index (χ1) is 15.9. The second-order valence-corrected chi connectivity index (χ2v) is 8.34. The van der Waals surface area contributed by atoms with Crippen LogP contribution in [0.25, 0.3) is 6.08 Å². The van der Waals surface area contributed by atoms with E-state index in [2.05, 4.69) is 21.2 Å². The van der Waals surface area contributed by atoms with Crippen molar-refractivity contribution in [1.82, 2.24) is 5.32 Å². The van der Waals surface area contributed by atoms with Crippen LogP contribution >= 0.6 is 27.5 Å². The Morgan fingerprint density at radius 2 is 1.76 bits per heavy atom. The second-order valence-electron chi connectivity index (χ2n) is 7.04. The van der Waals surface area contributed by atoms with Crippen molar-refractivity contribution >= 4 is 51.2 Å². The summed E-state index contributed by atoms with van der Waals surface area (Å²) in [6.07, 6.45) is 1.55. The lowest BCUT2D eigenvalue weighted by molar-refractivity contribution is -0.113. The number of nitrogens with one attached hydrogen (secondary N) is 1. The fourth-order valence-electron chi connectivity index (χ4n) is 3.19. The molecule has 0 bridgehead atoms. The smallest absolute Gasteiger partial charge is 0.333 e. The Bertz CT molecular complexity index is 1250. The molecule has 1 fully saturated rings. The molecule has 6 nitrogen and oxygen atoms in total. The number of benzene rings is 3. The van der Waals surface area contributed by atoms with E-state index in [1.165, 1.54) is 19.2 Å². The highest BCUT2D eigenvalue weighted by Gasteiger charge is 2.35. The molecule has 0 saturated carbocycles. The molecule has 0 aromatic heterocycles. The minimum absolute atomic E-state index is 0.109. The van der Waals surface area contributed by atoms with Crippen LogP contribution in [0.1, 0.15) is 11.1 Å². The van der Waals surface area contributed by atoms with Crippen LogP contribution in [0.4, 0.5) is 14.9 Å². The van der Waals surface area contributed by atoms with Gasteiger partial charge in [0, 0.05) is 9.50 Å². The van der Waals surface area contributed by atoms with E-state index in [1.54, 1.807) is 54.6 Å². The van der Waals surface area contributed by atoms with Gasteiger partial charge in [-0.1, -0.05) is 39.7 Å². The lowest BCUT2D eigenvalue weighted by atomic mass is 10.1. The monoisotopic (exact) mass is 530 g/mol. The number of imide groups is 1. The molecule has 3 aromatic carbocycles. The third kappa shape index (κ3) is 5.02. The summed E-state index contributed by atoms with van der Waals surface area (Å²) in [7, 11) is 1.50. The van der Waals surface area contributed by atoms with Crippen LogP contribution in [0.3, 0.4) is 0 Å². The van der Waals surface area contributed by atoms with E-state index in [0.717, 1.165) is 10.5 Å². The Labute approximate surface area is 202 Å². The van der Waals surface area contributed by atoms with E-state index in [9.17, 15) is 14.0 Å². The molecular formula is C24H17BrClFN2O4. The highest BCUT2D eigenvalue weighted by atomic mass is 79.9. The number of ether oxygens (including phenoxy) is 2. The van der Waals surface area contributed by atoms with E-state index in [-0.39, 0.29) is 18.1 Å². The Hall–Kier alpha value is -3.36. The zero-order chi connectivity index (χ0) is 23.5. The van der Waals surface area contributed by atoms with Crippen LogP contribution in [-0.2, 0) is 11.4 Å². The average Bonchev–Trinajstić information content (AvgIpc) is 3.08. The maximum absolute atomic E-state index is 13.1. The van der Waals surface area contributed by atoms with Gasteiger partial charge in [0.2, 0.25) is 0 Å². The highest BCUT2D eigenvalue weighted by Crippen LogP contribution is 2.35. The molecule has 0 unspecified atom stereocenters. The molecule has 0 aliphatic carbocycles. The summed E-state index contributed by atoms with van der Waals surface area (Å²) in [5.74, 6) is 0.0726. The van der Waals surface area contributed by atoms with Gasteiger partial charge in [0.25, 0.3) is 5.91 Å². The Kier molecular flexibility index (Phi) is 6.67. The number of carbonyl (C=O) groups excluding carboxylic acids is 2. The van der Waals surface area contributed by atoms with Gasteiger partial charge in [-0.25, -0.2) is 14.1 Å². The van der Waals surface area contributed by atoms with Crippen LogP contribution in [0, 0.1) is 5.82 Å². The first-order valence-electron chi connectivity index (χ1n) is 9.73. The number of halogens is 3. The molecular weight excluding hydrogens is 515 g/mol. The van der Waals surface area contributed by atoms with Crippen molar-refractivity contribution < 1.29 is 23.5 Å². The number of nitrogens with zero attached hydrogens (tertiary/aromatic N) is 1. The lowest BCUT2D eigenvalue weighted by Gasteiger charge is -2.13. The predicted octanol–water partition coefficient (Wildman–Crippen LogP) is 5.93. The van der Waals surface area contributed by atoms with Gasteiger partial charge < -0.3 is 14.8 Å². The van der Waals surface area contributed by atoms with E-state index in [0.29, 0.717) is 32.2 Å². The molecule has 3 amide bonds. The van der Waals surface area contributed by atoms with E-state index in [1.807, 2.05) is 0 Å². The number of carbonyl (C=O) groups is 2. The van der Waals surface area contributed by atoms with Gasteiger partial charge in [0.05, 0.1) is 12.8 Å². The van der Waals surface area contributed by atoms with Crippen molar-refractivity contribution in [3.63, 3.8) is 0 Å². The molecule has 0 radical (unpaired) electrons. The van der Waals surface area contributed by atoms with Crippen LogP contribution in [0.5, 0.6) is 11.5 Å². The zero-order valence-electron chi connectivity index (χ0n) is 17.3. The van der Waals surface area contributed by atoms with Crippen LogP contribution in [0.15, 0.2) is 70.8 Å². The molecule has 1 aliphatic rings. The van der Waals surface area contributed by atoms with Crippen molar-refractivity contribution in [2.45, 2.75) is 6.61 Å².